The van der Waals surface area contributed by atoms with Gasteiger partial charge in [-0.25, -0.2) is 13.1 Å². The van der Waals surface area contributed by atoms with E-state index in [4.69, 9.17) is 0 Å². The number of rotatable bonds is 6. The van der Waals surface area contributed by atoms with E-state index < -0.39 is 22.1 Å². The molecule has 0 saturated carbocycles. The molecule has 1 aliphatic heterocycles. The van der Waals surface area contributed by atoms with Crippen LogP contribution in [0.1, 0.15) is 26.2 Å². The SMILES string of the molecule is CCCN1CCC(NS(=O)(=O)c2cccc(OC(F)(F)F)c2)CC1.Cl. The highest BCUT2D eigenvalue weighted by molar-refractivity contribution is 7.89. The molecule has 1 fully saturated rings. The van der Waals surface area contributed by atoms with Crippen molar-refractivity contribution in [3.8, 4) is 5.75 Å². The van der Waals surface area contributed by atoms with Gasteiger partial charge in [0.25, 0.3) is 0 Å². The third-order valence-corrected chi connectivity index (χ3v) is 5.32. The minimum absolute atomic E-state index is 0. The first kappa shape index (κ1) is 22.0. The van der Waals surface area contributed by atoms with Crippen LogP contribution in [-0.4, -0.2) is 45.4 Å². The molecule has 1 saturated heterocycles. The van der Waals surface area contributed by atoms with Crippen molar-refractivity contribution in [1.29, 1.82) is 0 Å². The summed E-state index contributed by atoms with van der Waals surface area (Å²) in [5, 5.41) is 0. The lowest BCUT2D eigenvalue weighted by Gasteiger charge is -2.31. The number of hydrogen-bond donors (Lipinski definition) is 1. The fourth-order valence-electron chi connectivity index (χ4n) is 2.72. The first-order valence-corrected chi connectivity index (χ1v) is 9.28. The number of nitrogens with zero attached hydrogens (tertiary/aromatic N) is 1. The Hall–Kier alpha value is -1.03. The van der Waals surface area contributed by atoms with Crippen molar-refractivity contribution in [2.45, 2.75) is 43.5 Å². The van der Waals surface area contributed by atoms with Crippen LogP contribution in [0.4, 0.5) is 13.2 Å². The topological polar surface area (TPSA) is 58.6 Å². The molecular formula is C15H22ClF3N2O3S. The van der Waals surface area contributed by atoms with E-state index in [1.165, 1.54) is 12.1 Å². The fraction of sp³-hybridized carbons (Fsp3) is 0.600. The maximum atomic E-state index is 12.4. The molecule has 144 valence electrons. The van der Waals surface area contributed by atoms with Crippen LogP contribution in [-0.2, 0) is 10.0 Å². The predicted molar refractivity (Wildman–Crippen MR) is 90.4 cm³/mol. The molecule has 2 rings (SSSR count). The van der Waals surface area contributed by atoms with Crippen molar-refractivity contribution in [2.75, 3.05) is 19.6 Å². The third kappa shape index (κ3) is 7.01. The highest BCUT2D eigenvalue weighted by atomic mass is 35.5. The summed E-state index contributed by atoms with van der Waals surface area (Å²) in [4.78, 5) is 2.03. The Bertz CT molecular complexity index is 648. The van der Waals surface area contributed by atoms with E-state index in [0.29, 0.717) is 12.8 Å². The van der Waals surface area contributed by atoms with Crippen LogP contribution >= 0.6 is 12.4 Å². The van der Waals surface area contributed by atoms with Crippen molar-refractivity contribution in [1.82, 2.24) is 9.62 Å². The normalized spacial score (nSPS) is 17.1. The molecule has 1 aromatic rings. The lowest BCUT2D eigenvalue weighted by molar-refractivity contribution is -0.274. The smallest absolute Gasteiger partial charge is 0.406 e. The van der Waals surface area contributed by atoms with E-state index in [1.807, 2.05) is 0 Å². The van der Waals surface area contributed by atoms with Gasteiger partial charge in [-0.15, -0.1) is 25.6 Å². The van der Waals surface area contributed by atoms with E-state index >= 15 is 0 Å². The Kier molecular flexibility index (Phi) is 7.98. The van der Waals surface area contributed by atoms with Gasteiger partial charge in [-0.05, 0) is 51.0 Å². The number of alkyl halides is 3. The van der Waals surface area contributed by atoms with Crippen LogP contribution in [0.3, 0.4) is 0 Å². The molecule has 1 aromatic carbocycles. The quantitative estimate of drug-likeness (QED) is 0.794. The Morgan fingerprint density at radius 3 is 2.48 bits per heavy atom. The first-order valence-electron chi connectivity index (χ1n) is 7.80. The van der Waals surface area contributed by atoms with E-state index in [9.17, 15) is 21.6 Å². The fourth-order valence-corrected chi connectivity index (χ4v) is 4.06. The van der Waals surface area contributed by atoms with Crippen LogP contribution in [0.5, 0.6) is 5.75 Å². The standard InChI is InChI=1S/C15H21F3N2O3S.ClH/c1-2-8-20-9-6-12(7-10-20)19-24(21,22)14-5-3-4-13(11-14)23-15(16,17)18;/h3-5,11-12,19H,2,6-10H2,1H3;1H. The van der Waals surface area contributed by atoms with E-state index in [0.717, 1.165) is 38.2 Å². The largest absolute Gasteiger partial charge is 0.573 e. The summed E-state index contributed by atoms with van der Waals surface area (Å²) in [7, 11) is -3.88. The maximum absolute atomic E-state index is 12.4. The summed E-state index contributed by atoms with van der Waals surface area (Å²) in [6, 6.07) is 4.20. The average Bonchev–Trinajstić information content (AvgIpc) is 2.48. The second kappa shape index (κ2) is 9.07. The summed E-state index contributed by atoms with van der Waals surface area (Å²) in [6.07, 6.45) is -2.46. The lowest BCUT2D eigenvalue weighted by Crippen LogP contribution is -2.44. The third-order valence-electron chi connectivity index (χ3n) is 3.80. The molecule has 1 aliphatic rings. The molecule has 0 aromatic heterocycles. The molecule has 0 amide bonds. The van der Waals surface area contributed by atoms with Crippen molar-refractivity contribution in [2.24, 2.45) is 0 Å². The van der Waals surface area contributed by atoms with E-state index in [1.54, 1.807) is 0 Å². The van der Waals surface area contributed by atoms with Crippen molar-refractivity contribution in [3.05, 3.63) is 24.3 Å². The summed E-state index contributed by atoms with van der Waals surface area (Å²) in [6.45, 7) is 4.68. The number of sulfonamides is 1. The molecule has 5 nitrogen and oxygen atoms in total. The molecule has 0 spiro atoms. The number of halogens is 4. The highest BCUT2D eigenvalue weighted by Crippen LogP contribution is 2.25. The van der Waals surface area contributed by atoms with Gasteiger partial charge in [0.15, 0.2) is 0 Å². The lowest BCUT2D eigenvalue weighted by atomic mass is 10.1. The van der Waals surface area contributed by atoms with Gasteiger partial charge < -0.3 is 9.64 Å². The summed E-state index contributed by atoms with van der Waals surface area (Å²) in [5.74, 6) is -0.553. The van der Waals surface area contributed by atoms with Gasteiger partial charge in [0, 0.05) is 12.1 Å². The monoisotopic (exact) mass is 402 g/mol. The number of piperidine rings is 1. The Labute approximate surface area is 152 Å². The zero-order chi connectivity index (χ0) is 17.8. The first-order chi connectivity index (χ1) is 11.2. The summed E-state index contributed by atoms with van der Waals surface area (Å²) >= 11 is 0. The van der Waals surface area contributed by atoms with Gasteiger partial charge in [0.2, 0.25) is 10.0 Å². The number of likely N-dealkylation sites (tertiary alicyclic amines) is 1. The van der Waals surface area contributed by atoms with Crippen LogP contribution in [0.15, 0.2) is 29.2 Å². The minimum Gasteiger partial charge on any atom is -0.406 e. The molecule has 0 atom stereocenters. The zero-order valence-electron chi connectivity index (χ0n) is 13.8. The van der Waals surface area contributed by atoms with Gasteiger partial charge in [-0.2, -0.15) is 0 Å². The molecule has 25 heavy (non-hydrogen) atoms. The van der Waals surface area contributed by atoms with Gasteiger partial charge in [-0.3, -0.25) is 0 Å². The minimum atomic E-state index is -4.86. The van der Waals surface area contributed by atoms with Crippen molar-refractivity contribution >= 4 is 22.4 Å². The highest BCUT2D eigenvalue weighted by Gasteiger charge is 2.32. The Balaban J connectivity index is 0.00000312. The molecule has 0 bridgehead atoms. The zero-order valence-corrected chi connectivity index (χ0v) is 15.4. The van der Waals surface area contributed by atoms with Crippen molar-refractivity contribution in [3.63, 3.8) is 0 Å². The van der Waals surface area contributed by atoms with Crippen LogP contribution in [0.25, 0.3) is 0 Å². The second-order valence-electron chi connectivity index (χ2n) is 5.76. The number of hydrogen-bond acceptors (Lipinski definition) is 4. The Morgan fingerprint density at radius 2 is 1.92 bits per heavy atom. The number of benzene rings is 1. The van der Waals surface area contributed by atoms with Crippen LogP contribution in [0.2, 0.25) is 0 Å². The average molecular weight is 403 g/mol. The maximum Gasteiger partial charge on any atom is 0.573 e. The second-order valence-corrected chi connectivity index (χ2v) is 7.47. The molecular weight excluding hydrogens is 381 g/mol. The van der Waals surface area contributed by atoms with Gasteiger partial charge in [0.05, 0.1) is 4.90 Å². The van der Waals surface area contributed by atoms with E-state index in [-0.39, 0.29) is 23.3 Å². The molecule has 10 heteroatoms. The molecule has 1 heterocycles. The number of ether oxygens (including phenoxy) is 1. The molecule has 1 N–H and O–H groups in total. The molecule has 0 unspecified atom stereocenters. The van der Waals surface area contributed by atoms with Crippen molar-refractivity contribution < 1.29 is 26.3 Å². The predicted octanol–water partition coefficient (Wildman–Crippen LogP) is 3.16. The van der Waals surface area contributed by atoms with Gasteiger partial charge in [0.1, 0.15) is 5.75 Å². The van der Waals surface area contributed by atoms with E-state index in [2.05, 4.69) is 21.3 Å². The summed E-state index contributed by atoms with van der Waals surface area (Å²) in [5.41, 5.74) is 0. The van der Waals surface area contributed by atoms with Gasteiger partial charge in [-0.1, -0.05) is 13.0 Å². The molecule has 0 aliphatic carbocycles. The van der Waals surface area contributed by atoms with Gasteiger partial charge >= 0.3 is 6.36 Å². The molecule has 0 radical (unpaired) electrons. The summed E-state index contributed by atoms with van der Waals surface area (Å²) < 4.78 is 67.8. The van der Waals surface area contributed by atoms with Crippen LogP contribution < -0.4 is 9.46 Å². The number of nitrogens with one attached hydrogen (secondary N) is 1. The van der Waals surface area contributed by atoms with Crippen LogP contribution in [0, 0.1) is 0 Å². The Morgan fingerprint density at radius 1 is 1.28 bits per heavy atom.